The van der Waals surface area contributed by atoms with Crippen LogP contribution in [0.2, 0.25) is 0 Å². The second kappa shape index (κ2) is 7.30. The van der Waals surface area contributed by atoms with Gasteiger partial charge < -0.3 is 19.0 Å². The Hall–Kier alpha value is -2.67. The van der Waals surface area contributed by atoms with E-state index in [0.29, 0.717) is 25.4 Å². The second-order valence-electron chi connectivity index (χ2n) is 7.97. The molecule has 0 atom stereocenters. The summed E-state index contributed by atoms with van der Waals surface area (Å²) in [5, 5.41) is 0.775. The first-order chi connectivity index (χ1) is 14.1. The highest BCUT2D eigenvalue weighted by Crippen LogP contribution is 2.30. The van der Waals surface area contributed by atoms with Crippen LogP contribution in [-0.4, -0.2) is 40.5 Å². The van der Waals surface area contributed by atoms with Crippen molar-refractivity contribution in [2.75, 3.05) is 19.8 Å². The number of benzene rings is 1. The van der Waals surface area contributed by atoms with Gasteiger partial charge in [0.05, 0.1) is 13.0 Å². The highest BCUT2D eigenvalue weighted by molar-refractivity contribution is 5.90. The Labute approximate surface area is 168 Å². The summed E-state index contributed by atoms with van der Waals surface area (Å²) in [6.45, 7) is 4.49. The number of hydrogen-bond acceptors (Lipinski definition) is 4. The largest absolute Gasteiger partial charge is 0.445 e. The van der Waals surface area contributed by atoms with Crippen molar-refractivity contribution >= 4 is 16.8 Å². The lowest BCUT2D eigenvalue weighted by Crippen LogP contribution is -2.36. The number of aromatic amines is 1. The van der Waals surface area contributed by atoms with E-state index in [-0.39, 0.29) is 18.1 Å². The van der Waals surface area contributed by atoms with Crippen molar-refractivity contribution in [2.24, 2.45) is 0 Å². The summed E-state index contributed by atoms with van der Waals surface area (Å²) in [6, 6.07) is 4.64. The molecule has 6 nitrogen and oxygen atoms in total. The number of fused-ring (bicyclic) bond motifs is 2. The van der Waals surface area contributed by atoms with Crippen molar-refractivity contribution in [3.63, 3.8) is 0 Å². The SMILES string of the molecule is Cc1[nH]c2ccc(F)cc2c1CC(=O)N1CCc2oc(C3CCOCC3)nc2C1. The molecule has 5 rings (SSSR count). The Bertz CT molecular complexity index is 1060. The first-order valence-corrected chi connectivity index (χ1v) is 10.2. The van der Waals surface area contributed by atoms with Gasteiger partial charge in [-0.3, -0.25) is 4.79 Å². The number of carbonyl (C=O) groups is 1. The lowest BCUT2D eigenvalue weighted by atomic mass is 10.0. The summed E-state index contributed by atoms with van der Waals surface area (Å²) >= 11 is 0. The smallest absolute Gasteiger partial charge is 0.227 e. The third-order valence-electron chi connectivity index (χ3n) is 6.08. The number of halogens is 1. The van der Waals surface area contributed by atoms with E-state index in [1.54, 1.807) is 6.07 Å². The number of amides is 1. The molecule has 0 aliphatic carbocycles. The van der Waals surface area contributed by atoms with Crippen LogP contribution in [0.15, 0.2) is 22.6 Å². The van der Waals surface area contributed by atoms with Crippen LogP contribution in [0.3, 0.4) is 0 Å². The van der Waals surface area contributed by atoms with E-state index in [0.717, 1.165) is 65.6 Å². The van der Waals surface area contributed by atoms with Gasteiger partial charge >= 0.3 is 0 Å². The van der Waals surface area contributed by atoms with E-state index >= 15 is 0 Å². The fourth-order valence-electron chi connectivity index (χ4n) is 4.40. The van der Waals surface area contributed by atoms with Crippen LogP contribution in [-0.2, 0) is 28.9 Å². The Morgan fingerprint density at radius 1 is 1.34 bits per heavy atom. The first-order valence-electron chi connectivity index (χ1n) is 10.2. The van der Waals surface area contributed by atoms with Crippen molar-refractivity contribution in [1.29, 1.82) is 0 Å². The van der Waals surface area contributed by atoms with Crippen molar-refractivity contribution < 1.29 is 18.3 Å². The normalized spacial score (nSPS) is 17.7. The minimum atomic E-state index is -0.295. The maximum atomic E-state index is 13.7. The highest BCUT2D eigenvalue weighted by atomic mass is 19.1. The molecule has 152 valence electrons. The molecule has 7 heteroatoms. The molecule has 0 unspecified atom stereocenters. The van der Waals surface area contributed by atoms with Gasteiger partial charge in [-0.1, -0.05) is 0 Å². The minimum Gasteiger partial charge on any atom is -0.445 e. The van der Waals surface area contributed by atoms with Gasteiger partial charge in [0.2, 0.25) is 5.91 Å². The van der Waals surface area contributed by atoms with Crippen LogP contribution in [0.25, 0.3) is 10.9 Å². The standard InChI is InChI=1S/C22H24FN3O3/c1-13-16(17-10-15(23)2-3-18(17)24-13)11-21(27)26-7-4-20-19(12-26)25-22(29-20)14-5-8-28-9-6-14/h2-3,10,14,24H,4-9,11-12H2,1H3. The average molecular weight is 397 g/mol. The van der Waals surface area contributed by atoms with Gasteiger partial charge in [-0.15, -0.1) is 0 Å². The number of aromatic nitrogens is 2. The molecule has 2 aliphatic heterocycles. The number of nitrogens with zero attached hydrogens (tertiary/aromatic N) is 2. The zero-order valence-corrected chi connectivity index (χ0v) is 16.5. The monoisotopic (exact) mass is 397 g/mol. The second-order valence-corrected chi connectivity index (χ2v) is 7.97. The van der Waals surface area contributed by atoms with Crippen LogP contribution in [0, 0.1) is 12.7 Å². The lowest BCUT2D eigenvalue weighted by molar-refractivity contribution is -0.131. The van der Waals surface area contributed by atoms with Gasteiger partial charge in [0.1, 0.15) is 17.3 Å². The summed E-state index contributed by atoms with van der Waals surface area (Å²) in [7, 11) is 0. The number of aryl methyl sites for hydroxylation is 1. The Balaban J connectivity index is 1.33. The van der Waals surface area contributed by atoms with Crippen molar-refractivity contribution in [2.45, 2.75) is 45.1 Å². The fourth-order valence-corrected chi connectivity index (χ4v) is 4.40. The van der Waals surface area contributed by atoms with Gasteiger partial charge in [0.25, 0.3) is 0 Å². The van der Waals surface area contributed by atoms with Crippen LogP contribution >= 0.6 is 0 Å². The molecule has 1 saturated heterocycles. The molecule has 1 fully saturated rings. The van der Waals surface area contributed by atoms with Gasteiger partial charge in [0, 0.05) is 48.7 Å². The van der Waals surface area contributed by atoms with E-state index in [1.165, 1.54) is 12.1 Å². The summed E-state index contributed by atoms with van der Waals surface area (Å²) in [5.74, 6) is 1.73. The predicted octanol–water partition coefficient (Wildman–Crippen LogP) is 3.62. The first kappa shape index (κ1) is 18.4. The maximum Gasteiger partial charge on any atom is 0.227 e. The molecule has 2 aromatic heterocycles. The number of hydrogen-bond donors (Lipinski definition) is 1. The fraction of sp³-hybridized carbons (Fsp3) is 0.455. The van der Waals surface area contributed by atoms with Crippen LogP contribution < -0.4 is 0 Å². The Morgan fingerprint density at radius 3 is 3.00 bits per heavy atom. The maximum absolute atomic E-state index is 13.7. The number of carbonyl (C=O) groups excluding carboxylic acids is 1. The molecule has 4 heterocycles. The highest BCUT2D eigenvalue weighted by Gasteiger charge is 2.29. The van der Waals surface area contributed by atoms with E-state index in [1.807, 2.05) is 11.8 Å². The average Bonchev–Trinajstić information content (AvgIpc) is 3.29. The van der Waals surface area contributed by atoms with Gasteiger partial charge in [0.15, 0.2) is 5.89 Å². The number of oxazole rings is 1. The molecule has 0 saturated carbocycles. The number of rotatable bonds is 3. The van der Waals surface area contributed by atoms with E-state index < -0.39 is 0 Å². The zero-order valence-electron chi connectivity index (χ0n) is 16.5. The molecule has 0 bridgehead atoms. The predicted molar refractivity (Wildman–Crippen MR) is 105 cm³/mol. The van der Waals surface area contributed by atoms with E-state index in [9.17, 15) is 9.18 Å². The Kier molecular flexibility index (Phi) is 4.62. The number of H-pyrrole nitrogens is 1. The van der Waals surface area contributed by atoms with Crippen LogP contribution in [0.5, 0.6) is 0 Å². The minimum absolute atomic E-state index is 0.0273. The molecule has 2 aliphatic rings. The van der Waals surface area contributed by atoms with Gasteiger partial charge in [-0.05, 0) is 43.5 Å². The molecule has 0 spiro atoms. The van der Waals surface area contributed by atoms with E-state index in [2.05, 4.69) is 4.98 Å². The number of ether oxygens (including phenoxy) is 1. The molecular formula is C22H24FN3O3. The summed E-state index contributed by atoms with van der Waals surface area (Å²) in [4.78, 5) is 22.8. The molecule has 29 heavy (non-hydrogen) atoms. The topological polar surface area (TPSA) is 71.4 Å². The zero-order chi connectivity index (χ0) is 20.0. The molecule has 1 amide bonds. The van der Waals surface area contributed by atoms with Crippen LogP contribution in [0.4, 0.5) is 4.39 Å². The third-order valence-corrected chi connectivity index (χ3v) is 6.08. The summed E-state index contributed by atoms with van der Waals surface area (Å²) in [5.41, 5.74) is 3.48. The number of nitrogens with one attached hydrogen (secondary N) is 1. The lowest BCUT2D eigenvalue weighted by Gasteiger charge is -2.25. The molecular weight excluding hydrogens is 373 g/mol. The van der Waals surface area contributed by atoms with Crippen molar-refractivity contribution in [1.82, 2.24) is 14.9 Å². The van der Waals surface area contributed by atoms with E-state index in [4.69, 9.17) is 14.1 Å². The van der Waals surface area contributed by atoms with Crippen LogP contribution in [0.1, 0.15) is 47.4 Å². The quantitative estimate of drug-likeness (QED) is 0.733. The molecule has 0 radical (unpaired) electrons. The third kappa shape index (κ3) is 3.44. The van der Waals surface area contributed by atoms with Gasteiger partial charge in [-0.25, -0.2) is 9.37 Å². The van der Waals surface area contributed by atoms with Crippen molar-refractivity contribution in [3.8, 4) is 0 Å². The molecule has 3 aromatic rings. The Morgan fingerprint density at radius 2 is 2.17 bits per heavy atom. The molecule has 1 N–H and O–H groups in total. The van der Waals surface area contributed by atoms with Gasteiger partial charge in [-0.2, -0.15) is 0 Å². The molecule has 1 aromatic carbocycles. The summed E-state index contributed by atoms with van der Waals surface area (Å²) < 4.78 is 25.1. The summed E-state index contributed by atoms with van der Waals surface area (Å²) in [6.07, 6.45) is 2.78. The van der Waals surface area contributed by atoms with Crippen molar-refractivity contribution in [3.05, 3.63) is 52.6 Å².